The number of nitrogens with one attached hydrogen (secondary N) is 1. The van der Waals surface area contributed by atoms with E-state index < -0.39 is 5.97 Å². The molecule has 31 heavy (non-hydrogen) atoms. The lowest BCUT2D eigenvalue weighted by atomic mass is 9.78. The first kappa shape index (κ1) is 21.7. The molecule has 5 heteroatoms. The fourth-order valence-electron chi connectivity index (χ4n) is 5.02. The minimum absolute atomic E-state index is 0.118. The van der Waals surface area contributed by atoms with E-state index in [9.17, 15) is 14.3 Å². The van der Waals surface area contributed by atoms with Crippen molar-refractivity contribution in [2.24, 2.45) is 11.8 Å². The maximum absolute atomic E-state index is 14.3. The van der Waals surface area contributed by atoms with Crippen molar-refractivity contribution in [1.29, 1.82) is 0 Å². The van der Waals surface area contributed by atoms with Crippen molar-refractivity contribution >= 4 is 11.7 Å². The van der Waals surface area contributed by atoms with Gasteiger partial charge >= 0.3 is 5.97 Å². The molecule has 0 radical (unpaired) electrons. The smallest absolute Gasteiger partial charge is 0.303 e. The Hall–Kier alpha value is -2.56. The van der Waals surface area contributed by atoms with Crippen molar-refractivity contribution in [3.63, 3.8) is 0 Å². The van der Waals surface area contributed by atoms with E-state index in [4.69, 9.17) is 4.74 Å². The van der Waals surface area contributed by atoms with Crippen molar-refractivity contribution in [3.8, 4) is 5.75 Å². The summed E-state index contributed by atoms with van der Waals surface area (Å²) in [6.45, 7) is 0.893. The molecular formula is C26H32FNO3. The molecule has 0 aromatic heterocycles. The van der Waals surface area contributed by atoms with Crippen LogP contribution >= 0.6 is 0 Å². The molecule has 2 saturated carbocycles. The normalized spacial score (nSPS) is 22.0. The van der Waals surface area contributed by atoms with Gasteiger partial charge in [-0.05, 0) is 104 Å². The van der Waals surface area contributed by atoms with Crippen LogP contribution in [0.2, 0.25) is 0 Å². The summed E-state index contributed by atoms with van der Waals surface area (Å²) in [4.78, 5) is 11.3. The van der Waals surface area contributed by atoms with Crippen LogP contribution < -0.4 is 10.1 Å². The molecule has 2 aliphatic carbocycles. The first-order valence-electron chi connectivity index (χ1n) is 11.4. The third kappa shape index (κ3) is 5.57. The van der Waals surface area contributed by atoms with Crippen molar-refractivity contribution < 1.29 is 19.0 Å². The van der Waals surface area contributed by atoms with Gasteiger partial charge in [-0.15, -0.1) is 0 Å². The van der Waals surface area contributed by atoms with Gasteiger partial charge < -0.3 is 15.2 Å². The standard InChI is InChI=1S/C26H32FNO3/c1-31-22-11-12-25(27)24(14-22)19-7-5-17(6-8-19)16-28-21-4-2-3-20(13-21)23(15-26(29)30)18-9-10-18/h2-4,11-14,17-19,23,28H,5-10,15-16H2,1H3,(H,29,30)/t17-,19-,23?. The van der Waals surface area contributed by atoms with Gasteiger partial charge in [0.25, 0.3) is 0 Å². The van der Waals surface area contributed by atoms with Crippen LogP contribution in [0.4, 0.5) is 10.1 Å². The van der Waals surface area contributed by atoms with E-state index in [-0.39, 0.29) is 24.1 Å². The van der Waals surface area contributed by atoms with Gasteiger partial charge in [0.1, 0.15) is 11.6 Å². The SMILES string of the molecule is COc1ccc(F)c([C@H]2CC[C@H](CNc3cccc(C(CC(=O)O)C4CC4)c3)CC2)c1. The number of hydrogen-bond donors (Lipinski definition) is 2. The topological polar surface area (TPSA) is 58.6 Å². The zero-order chi connectivity index (χ0) is 21.8. The van der Waals surface area contributed by atoms with Crippen LogP contribution in [-0.2, 0) is 4.79 Å². The number of carboxylic acid groups (broad SMARTS) is 1. The molecule has 2 N–H and O–H groups in total. The Labute approximate surface area is 183 Å². The highest BCUT2D eigenvalue weighted by Crippen LogP contribution is 2.45. The molecule has 0 saturated heterocycles. The van der Waals surface area contributed by atoms with Crippen molar-refractivity contribution in [2.45, 2.75) is 56.8 Å². The van der Waals surface area contributed by atoms with E-state index >= 15 is 0 Å². The summed E-state index contributed by atoms with van der Waals surface area (Å²) in [5.41, 5.74) is 2.98. The van der Waals surface area contributed by atoms with E-state index in [0.717, 1.165) is 61.9 Å². The monoisotopic (exact) mass is 425 g/mol. The first-order valence-corrected chi connectivity index (χ1v) is 11.4. The number of methoxy groups -OCH3 is 1. The van der Waals surface area contributed by atoms with Gasteiger partial charge in [0, 0.05) is 12.2 Å². The predicted molar refractivity (Wildman–Crippen MR) is 120 cm³/mol. The number of carboxylic acids is 1. The minimum atomic E-state index is -0.723. The highest BCUT2D eigenvalue weighted by molar-refractivity contribution is 5.68. The molecule has 0 bridgehead atoms. The lowest BCUT2D eigenvalue weighted by Crippen LogP contribution is -2.21. The largest absolute Gasteiger partial charge is 0.497 e. The molecule has 0 aliphatic heterocycles. The highest BCUT2D eigenvalue weighted by atomic mass is 19.1. The second kappa shape index (κ2) is 9.71. The Bertz CT molecular complexity index is 903. The molecule has 2 fully saturated rings. The number of benzene rings is 2. The van der Waals surface area contributed by atoms with Gasteiger partial charge in [-0.1, -0.05) is 12.1 Å². The summed E-state index contributed by atoms with van der Waals surface area (Å²) < 4.78 is 19.6. The number of ether oxygens (including phenoxy) is 1. The molecule has 1 atom stereocenters. The van der Waals surface area contributed by atoms with Crippen LogP contribution in [0.5, 0.6) is 5.75 Å². The molecule has 4 rings (SSSR count). The quantitative estimate of drug-likeness (QED) is 0.503. The first-order chi connectivity index (χ1) is 15.0. The number of halogens is 1. The Balaban J connectivity index is 1.31. The summed E-state index contributed by atoms with van der Waals surface area (Å²) in [7, 11) is 1.61. The molecule has 0 amide bonds. The van der Waals surface area contributed by atoms with Crippen LogP contribution in [0.3, 0.4) is 0 Å². The molecule has 2 aromatic carbocycles. The zero-order valence-electron chi connectivity index (χ0n) is 18.1. The van der Waals surface area contributed by atoms with E-state index in [2.05, 4.69) is 23.5 Å². The molecule has 4 nitrogen and oxygen atoms in total. The lowest BCUT2D eigenvalue weighted by Gasteiger charge is -2.29. The zero-order valence-corrected chi connectivity index (χ0v) is 18.1. The Morgan fingerprint density at radius 2 is 1.90 bits per heavy atom. The van der Waals surface area contributed by atoms with Gasteiger partial charge in [-0.2, -0.15) is 0 Å². The van der Waals surface area contributed by atoms with Crippen LogP contribution in [0.15, 0.2) is 42.5 Å². The maximum atomic E-state index is 14.3. The van der Waals surface area contributed by atoms with E-state index in [0.29, 0.717) is 17.6 Å². The number of aliphatic carboxylic acids is 1. The van der Waals surface area contributed by atoms with Gasteiger partial charge in [-0.3, -0.25) is 4.79 Å². The summed E-state index contributed by atoms with van der Waals surface area (Å²) in [6.07, 6.45) is 6.57. The summed E-state index contributed by atoms with van der Waals surface area (Å²) in [5.74, 6) is 1.31. The highest BCUT2D eigenvalue weighted by Gasteiger charge is 2.33. The minimum Gasteiger partial charge on any atom is -0.497 e. The number of carbonyl (C=O) groups is 1. The van der Waals surface area contributed by atoms with Crippen molar-refractivity contribution in [2.75, 3.05) is 19.0 Å². The Kier molecular flexibility index (Phi) is 6.79. The van der Waals surface area contributed by atoms with Gasteiger partial charge in [0.15, 0.2) is 0 Å². The Morgan fingerprint density at radius 1 is 1.13 bits per heavy atom. The molecule has 2 aromatic rings. The fourth-order valence-corrected chi connectivity index (χ4v) is 5.02. The fraction of sp³-hybridized carbons (Fsp3) is 0.500. The van der Waals surface area contributed by atoms with Gasteiger partial charge in [0.2, 0.25) is 0 Å². The van der Waals surface area contributed by atoms with Crippen molar-refractivity contribution in [1.82, 2.24) is 0 Å². The maximum Gasteiger partial charge on any atom is 0.303 e. The Morgan fingerprint density at radius 3 is 2.58 bits per heavy atom. The van der Waals surface area contributed by atoms with E-state index in [1.54, 1.807) is 13.2 Å². The second-order valence-electron chi connectivity index (χ2n) is 9.15. The van der Waals surface area contributed by atoms with Gasteiger partial charge in [-0.25, -0.2) is 4.39 Å². The van der Waals surface area contributed by atoms with Crippen molar-refractivity contribution in [3.05, 3.63) is 59.4 Å². The summed E-state index contributed by atoms with van der Waals surface area (Å²) >= 11 is 0. The van der Waals surface area contributed by atoms with Crippen LogP contribution in [0.1, 0.15) is 67.9 Å². The molecule has 0 spiro atoms. The lowest BCUT2D eigenvalue weighted by molar-refractivity contribution is -0.137. The third-order valence-corrected chi connectivity index (χ3v) is 6.98. The number of hydrogen-bond acceptors (Lipinski definition) is 3. The molecule has 0 heterocycles. The molecule has 166 valence electrons. The average molecular weight is 426 g/mol. The number of anilines is 1. The summed E-state index contributed by atoms with van der Waals surface area (Å²) in [6, 6.07) is 13.3. The van der Waals surface area contributed by atoms with Crippen LogP contribution in [0.25, 0.3) is 0 Å². The molecule has 2 aliphatic rings. The molecular weight excluding hydrogens is 393 g/mol. The van der Waals surface area contributed by atoms with Gasteiger partial charge in [0.05, 0.1) is 13.5 Å². The third-order valence-electron chi connectivity index (χ3n) is 6.98. The van der Waals surface area contributed by atoms with E-state index in [1.807, 2.05) is 12.1 Å². The second-order valence-corrected chi connectivity index (χ2v) is 9.15. The average Bonchev–Trinajstić information content (AvgIpc) is 3.62. The number of rotatable bonds is 9. The predicted octanol–water partition coefficient (Wildman–Crippen LogP) is 6.19. The van der Waals surface area contributed by atoms with E-state index in [1.165, 1.54) is 6.07 Å². The summed E-state index contributed by atoms with van der Waals surface area (Å²) in [5, 5.41) is 12.8. The van der Waals surface area contributed by atoms with Crippen LogP contribution in [-0.4, -0.2) is 24.7 Å². The molecule has 1 unspecified atom stereocenters. The van der Waals surface area contributed by atoms with Crippen LogP contribution in [0, 0.1) is 17.7 Å².